The number of aromatic nitrogens is 2. The lowest BCUT2D eigenvalue weighted by Gasteiger charge is -2.29. The lowest BCUT2D eigenvalue weighted by atomic mass is 9.75. The molecule has 0 aliphatic heterocycles. The van der Waals surface area contributed by atoms with Crippen LogP contribution in [0.1, 0.15) is 59.7 Å². The van der Waals surface area contributed by atoms with E-state index in [9.17, 15) is 34.8 Å². The first-order valence-corrected chi connectivity index (χ1v) is 13.9. The molecule has 0 amide bonds. The average molecular weight is 591 g/mol. The second-order valence-corrected chi connectivity index (χ2v) is 11.2. The Morgan fingerprint density at radius 1 is 0.795 bits per heavy atom. The van der Waals surface area contributed by atoms with Crippen LogP contribution in [-0.4, -0.2) is 48.9 Å². The molecule has 0 saturated heterocycles. The molecule has 2 aliphatic carbocycles. The van der Waals surface area contributed by atoms with E-state index in [-0.39, 0.29) is 56.5 Å². The van der Waals surface area contributed by atoms with Gasteiger partial charge >= 0.3 is 0 Å². The van der Waals surface area contributed by atoms with E-state index in [2.05, 4.69) is 5.10 Å². The van der Waals surface area contributed by atoms with Crippen LogP contribution >= 0.6 is 0 Å². The smallest absolute Gasteiger partial charge is 0.283 e. The monoisotopic (exact) mass is 590 g/mol. The maximum absolute atomic E-state index is 13.9. The van der Waals surface area contributed by atoms with E-state index in [0.717, 1.165) is 17.2 Å². The molecule has 10 nitrogen and oxygen atoms in total. The van der Waals surface area contributed by atoms with Crippen LogP contribution in [-0.2, 0) is 12.8 Å². The zero-order chi connectivity index (χ0) is 31.4. The van der Waals surface area contributed by atoms with Gasteiger partial charge in [-0.15, -0.1) is 0 Å². The van der Waals surface area contributed by atoms with E-state index < -0.39 is 40.1 Å². The second-order valence-electron chi connectivity index (χ2n) is 11.2. The molecule has 7 rings (SSSR count). The molecule has 0 radical (unpaired) electrons. The molecule has 5 aromatic rings. The van der Waals surface area contributed by atoms with Crippen molar-refractivity contribution in [3.8, 4) is 45.6 Å². The van der Waals surface area contributed by atoms with Crippen molar-refractivity contribution in [1.29, 1.82) is 0 Å². The van der Waals surface area contributed by atoms with Gasteiger partial charge in [0.25, 0.3) is 5.56 Å². The first-order chi connectivity index (χ1) is 21.0. The number of methoxy groups -OCH3 is 1. The first-order valence-electron chi connectivity index (χ1n) is 13.9. The van der Waals surface area contributed by atoms with Crippen molar-refractivity contribution in [2.45, 2.75) is 33.6 Å². The van der Waals surface area contributed by atoms with E-state index in [1.165, 1.54) is 24.9 Å². The fraction of sp³-hybridized carbons (Fsp3) is 0.176. The highest BCUT2D eigenvalue weighted by Gasteiger charge is 2.42. The number of aromatic hydroxyl groups is 4. The van der Waals surface area contributed by atoms with Crippen molar-refractivity contribution in [3.63, 3.8) is 0 Å². The molecule has 2 aliphatic rings. The number of aryl methyl sites for hydroxylation is 2. The van der Waals surface area contributed by atoms with Gasteiger partial charge in [-0.05, 0) is 68.5 Å². The molecule has 10 heteroatoms. The maximum atomic E-state index is 13.9. The number of nitrogens with zero attached hydrogens (tertiary/aromatic N) is 2. The van der Waals surface area contributed by atoms with Crippen LogP contribution in [0.3, 0.4) is 0 Å². The summed E-state index contributed by atoms with van der Waals surface area (Å²) >= 11 is 0. The topological polar surface area (TPSA) is 159 Å². The lowest BCUT2D eigenvalue weighted by Crippen LogP contribution is -2.25. The quantitative estimate of drug-likeness (QED) is 0.225. The summed E-state index contributed by atoms with van der Waals surface area (Å²) in [6, 6.07) is 8.29. The minimum atomic E-state index is -0.812. The predicted molar refractivity (Wildman–Crippen MR) is 161 cm³/mol. The summed E-state index contributed by atoms with van der Waals surface area (Å²) < 4.78 is 6.90. The maximum Gasteiger partial charge on any atom is 0.283 e. The molecule has 44 heavy (non-hydrogen) atoms. The summed E-state index contributed by atoms with van der Waals surface area (Å²) in [6.07, 6.45) is 2.14. The van der Waals surface area contributed by atoms with Gasteiger partial charge in [-0.3, -0.25) is 14.4 Å². The van der Waals surface area contributed by atoms with E-state index >= 15 is 0 Å². The number of hydrogen-bond donors (Lipinski definition) is 4. The molecule has 4 N–H and O–H groups in total. The standard InChI is InChI=1S/C34H26N2O8/c1-13-6-5-7-20(14(13)2)36-34(43)23-17(12-35-36)10-16-8-9-18-24(22(16)30(23)40)31(41)26-27(33(18)44-4)32(42)25-19(29(26)39)11-21(37)15(3)28(25)38/h5-7,10-12,37-38,40-41H,8-9H2,1-4H3. The highest BCUT2D eigenvalue weighted by Crippen LogP contribution is 2.54. The Balaban J connectivity index is 1.55. The number of ketones is 2. The van der Waals surface area contributed by atoms with Gasteiger partial charge < -0.3 is 25.2 Å². The summed E-state index contributed by atoms with van der Waals surface area (Å²) in [4.78, 5) is 41.6. The van der Waals surface area contributed by atoms with Gasteiger partial charge in [0.2, 0.25) is 5.78 Å². The summed E-state index contributed by atoms with van der Waals surface area (Å²) in [5, 5.41) is 49.3. The van der Waals surface area contributed by atoms with Crippen LogP contribution in [0.25, 0.3) is 27.6 Å². The first kappa shape index (κ1) is 27.2. The molecule has 0 fully saturated rings. The van der Waals surface area contributed by atoms with Gasteiger partial charge in [-0.25, -0.2) is 0 Å². The Morgan fingerprint density at radius 2 is 1.55 bits per heavy atom. The van der Waals surface area contributed by atoms with Crippen LogP contribution in [0.5, 0.6) is 28.7 Å². The molecule has 0 spiro atoms. The number of carbonyl (C=O) groups excluding carboxylic acids is 2. The highest BCUT2D eigenvalue weighted by atomic mass is 16.5. The molecule has 0 saturated carbocycles. The summed E-state index contributed by atoms with van der Waals surface area (Å²) in [5.41, 5.74) is 1.83. The fourth-order valence-electron chi connectivity index (χ4n) is 6.58. The summed E-state index contributed by atoms with van der Waals surface area (Å²) in [7, 11) is 1.33. The third kappa shape index (κ3) is 3.36. The summed E-state index contributed by atoms with van der Waals surface area (Å²) in [5.74, 6) is -3.43. The average Bonchev–Trinajstić information content (AvgIpc) is 3.00. The zero-order valence-corrected chi connectivity index (χ0v) is 24.2. The molecule has 4 aromatic carbocycles. The normalized spacial score (nSPS) is 13.4. The van der Waals surface area contributed by atoms with Crippen molar-refractivity contribution >= 4 is 22.3 Å². The number of fused-ring (bicyclic) bond motifs is 6. The molecular formula is C34H26N2O8. The Hall–Kier alpha value is -5.64. The largest absolute Gasteiger partial charge is 0.508 e. The van der Waals surface area contributed by atoms with Crippen molar-refractivity contribution in [2.75, 3.05) is 7.11 Å². The SMILES string of the molecule is COc1c2c(c(O)c3c1C(=O)c1c(cc(O)c(C)c1O)C3=O)-c1c(cc3cnn(-c4cccc(C)c4C)c(=O)c3c1O)CC2. The van der Waals surface area contributed by atoms with Crippen molar-refractivity contribution < 1.29 is 34.8 Å². The fourth-order valence-corrected chi connectivity index (χ4v) is 6.58. The van der Waals surface area contributed by atoms with Gasteiger partial charge in [0, 0.05) is 33.2 Å². The van der Waals surface area contributed by atoms with E-state index in [0.29, 0.717) is 28.6 Å². The number of ether oxygens (including phenoxy) is 1. The minimum absolute atomic E-state index is 0.0228. The Kier molecular flexibility index (Phi) is 5.68. The molecule has 0 bridgehead atoms. The number of rotatable bonds is 2. The van der Waals surface area contributed by atoms with Gasteiger partial charge in [0.05, 0.1) is 41.1 Å². The molecule has 1 heterocycles. The van der Waals surface area contributed by atoms with Crippen molar-refractivity contribution in [3.05, 3.63) is 97.0 Å². The molecular weight excluding hydrogens is 564 g/mol. The van der Waals surface area contributed by atoms with E-state index in [1.807, 2.05) is 26.0 Å². The number of carbonyl (C=O) groups is 2. The van der Waals surface area contributed by atoms with Gasteiger partial charge in [0.15, 0.2) is 5.78 Å². The molecule has 220 valence electrons. The minimum Gasteiger partial charge on any atom is -0.508 e. The van der Waals surface area contributed by atoms with E-state index in [1.54, 1.807) is 12.1 Å². The van der Waals surface area contributed by atoms with Crippen LogP contribution in [0.4, 0.5) is 0 Å². The molecule has 0 unspecified atom stereocenters. The predicted octanol–water partition coefficient (Wildman–Crippen LogP) is 4.68. The molecule has 1 aromatic heterocycles. The van der Waals surface area contributed by atoms with Gasteiger partial charge in [-0.1, -0.05) is 12.1 Å². The van der Waals surface area contributed by atoms with Crippen LogP contribution in [0, 0.1) is 20.8 Å². The van der Waals surface area contributed by atoms with Crippen LogP contribution < -0.4 is 10.3 Å². The summed E-state index contributed by atoms with van der Waals surface area (Å²) in [6.45, 7) is 5.20. The zero-order valence-electron chi connectivity index (χ0n) is 24.2. The van der Waals surface area contributed by atoms with Crippen LogP contribution in [0.2, 0.25) is 0 Å². The Bertz CT molecular complexity index is 2250. The van der Waals surface area contributed by atoms with Gasteiger partial charge in [-0.2, -0.15) is 9.78 Å². The van der Waals surface area contributed by atoms with E-state index in [4.69, 9.17) is 4.74 Å². The highest BCUT2D eigenvalue weighted by molar-refractivity contribution is 6.32. The third-order valence-electron chi connectivity index (χ3n) is 9.01. The number of phenolic OH excluding ortho intramolecular Hbond substituents is 4. The van der Waals surface area contributed by atoms with Crippen LogP contribution in [0.15, 0.2) is 41.3 Å². The lowest BCUT2D eigenvalue weighted by molar-refractivity contribution is 0.0971. The number of phenols is 4. The second kappa shape index (κ2) is 9.18. The number of benzene rings is 4. The Morgan fingerprint density at radius 3 is 2.27 bits per heavy atom. The Labute approximate surface area is 250 Å². The third-order valence-corrected chi connectivity index (χ3v) is 9.01. The molecule has 0 atom stereocenters. The number of hydrogen-bond acceptors (Lipinski definition) is 9. The van der Waals surface area contributed by atoms with Crippen molar-refractivity contribution in [2.24, 2.45) is 0 Å². The van der Waals surface area contributed by atoms with Gasteiger partial charge in [0.1, 0.15) is 28.7 Å². The van der Waals surface area contributed by atoms with Crippen molar-refractivity contribution in [1.82, 2.24) is 9.78 Å².